The molecule has 1 aliphatic heterocycles. The summed E-state index contributed by atoms with van der Waals surface area (Å²) in [4.78, 5) is 12.1. The third-order valence-electron chi connectivity index (χ3n) is 4.06. The van der Waals surface area contributed by atoms with Gasteiger partial charge in [-0.2, -0.15) is 5.10 Å². The second-order valence-electron chi connectivity index (χ2n) is 6.00. The van der Waals surface area contributed by atoms with Gasteiger partial charge in [-0.15, -0.1) is 5.10 Å². The number of carbonyl (C=O) groups excluding carboxylic acids is 1. The van der Waals surface area contributed by atoms with Crippen molar-refractivity contribution in [2.24, 2.45) is 10.2 Å². The van der Waals surface area contributed by atoms with E-state index in [4.69, 9.17) is 4.42 Å². The van der Waals surface area contributed by atoms with Crippen molar-refractivity contribution in [1.29, 1.82) is 0 Å². The van der Waals surface area contributed by atoms with Gasteiger partial charge < -0.3 is 9.73 Å². The molecule has 27 heavy (non-hydrogen) atoms. The molecule has 5 nitrogen and oxygen atoms in total. The lowest BCUT2D eigenvalue weighted by Gasteiger charge is -2.04. The van der Waals surface area contributed by atoms with Crippen LogP contribution >= 0.6 is 11.8 Å². The van der Waals surface area contributed by atoms with E-state index in [9.17, 15) is 4.79 Å². The molecule has 3 aromatic rings. The van der Waals surface area contributed by atoms with Crippen molar-refractivity contribution >= 4 is 29.1 Å². The minimum atomic E-state index is -0.186. The highest BCUT2D eigenvalue weighted by Gasteiger charge is 2.30. The van der Waals surface area contributed by atoms with Crippen molar-refractivity contribution in [3.63, 3.8) is 0 Å². The number of thioether (sulfide) groups is 1. The first-order valence-corrected chi connectivity index (χ1v) is 9.43. The molecule has 1 amide bonds. The molecule has 2 heterocycles. The second kappa shape index (κ2) is 8.05. The molecule has 1 fully saturated rings. The Morgan fingerprint density at radius 3 is 2.52 bits per heavy atom. The minimum absolute atomic E-state index is 0.0397. The molecule has 0 spiro atoms. The van der Waals surface area contributed by atoms with E-state index in [1.165, 1.54) is 18.0 Å². The van der Waals surface area contributed by atoms with Crippen molar-refractivity contribution < 1.29 is 9.21 Å². The number of furan rings is 1. The van der Waals surface area contributed by atoms with Crippen LogP contribution in [0.25, 0.3) is 11.3 Å². The summed E-state index contributed by atoms with van der Waals surface area (Å²) >= 11 is 1.40. The van der Waals surface area contributed by atoms with E-state index in [1.54, 1.807) is 0 Å². The van der Waals surface area contributed by atoms with Crippen LogP contribution in [0.2, 0.25) is 0 Å². The van der Waals surface area contributed by atoms with E-state index < -0.39 is 0 Å². The summed E-state index contributed by atoms with van der Waals surface area (Å²) in [6.07, 6.45) is 2.20. The maximum Gasteiger partial charge on any atom is 0.239 e. The first kappa shape index (κ1) is 17.3. The molecule has 2 aromatic carbocycles. The summed E-state index contributed by atoms with van der Waals surface area (Å²) in [5, 5.41) is 11.2. The molecule has 1 saturated heterocycles. The van der Waals surface area contributed by atoms with Crippen molar-refractivity contribution in [3.8, 4) is 11.3 Å². The van der Waals surface area contributed by atoms with Crippen LogP contribution in [-0.4, -0.2) is 22.5 Å². The monoisotopic (exact) mass is 375 g/mol. The lowest BCUT2D eigenvalue weighted by atomic mass is 10.1. The Balaban J connectivity index is 1.38. The van der Waals surface area contributed by atoms with E-state index in [0.717, 1.165) is 16.9 Å². The van der Waals surface area contributed by atoms with Gasteiger partial charge in [0.2, 0.25) is 5.91 Å². The normalized spacial score (nSPS) is 18.3. The van der Waals surface area contributed by atoms with Crippen LogP contribution in [0.5, 0.6) is 0 Å². The lowest BCUT2D eigenvalue weighted by molar-refractivity contribution is -0.118. The molecule has 0 radical (unpaired) electrons. The van der Waals surface area contributed by atoms with Crippen LogP contribution in [0.1, 0.15) is 11.3 Å². The zero-order valence-corrected chi connectivity index (χ0v) is 15.2. The number of hydrogen-bond donors (Lipinski definition) is 1. The maximum absolute atomic E-state index is 12.1. The van der Waals surface area contributed by atoms with Gasteiger partial charge in [0.15, 0.2) is 5.17 Å². The quantitative estimate of drug-likeness (QED) is 0.539. The highest BCUT2D eigenvalue weighted by atomic mass is 32.2. The van der Waals surface area contributed by atoms with Gasteiger partial charge in [0.25, 0.3) is 0 Å². The molecule has 4 rings (SSSR count). The molecule has 0 saturated carbocycles. The Morgan fingerprint density at radius 1 is 1.00 bits per heavy atom. The van der Waals surface area contributed by atoms with E-state index in [2.05, 4.69) is 15.5 Å². The highest BCUT2D eigenvalue weighted by Crippen LogP contribution is 2.24. The van der Waals surface area contributed by atoms with Gasteiger partial charge in [-0.1, -0.05) is 72.4 Å². The second-order valence-corrected chi connectivity index (χ2v) is 7.19. The molecule has 1 atom stereocenters. The largest absolute Gasteiger partial charge is 0.455 e. The molecule has 1 N–H and O–H groups in total. The van der Waals surface area contributed by atoms with Crippen LogP contribution in [0.15, 0.2) is 87.4 Å². The third-order valence-corrected chi connectivity index (χ3v) is 5.13. The summed E-state index contributed by atoms with van der Waals surface area (Å²) in [5.74, 6) is 1.34. The Morgan fingerprint density at radius 2 is 1.74 bits per heavy atom. The summed E-state index contributed by atoms with van der Waals surface area (Å²) in [7, 11) is 0. The fourth-order valence-corrected chi connectivity index (χ4v) is 3.70. The smallest absolute Gasteiger partial charge is 0.239 e. The topological polar surface area (TPSA) is 67.0 Å². The molecule has 0 aliphatic carbocycles. The van der Waals surface area contributed by atoms with Gasteiger partial charge in [-0.25, -0.2) is 0 Å². The van der Waals surface area contributed by atoms with Crippen LogP contribution in [0, 0.1) is 0 Å². The fraction of sp³-hybridized carbons (Fsp3) is 0.0952. The number of nitrogens with one attached hydrogen (secondary N) is 1. The van der Waals surface area contributed by atoms with Crippen molar-refractivity contribution in [2.45, 2.75) is 11.7 Å². The Bertz CT molecular complexity index is 981. The first-order valence-electron chi connectivity index (χ1n) is 8.56. The molecular formula is C21H17N3O2S. The minimum Gasteiger partial charge on any atom is -0.455 e. The van der Waals surface area contributed by atoms with E-state index in [-0.39, 0.29) is 11.2 Å². The van der Waals surface area contributed by atoms with E-state index >= 15 is 0 Å². The molecule has 134 valence electrons. The number of carbonyl (C=O) groups is 1. The number of hydrogen-bond acceptors (Lipinski definition) is 5. The SMILES string of the molecule is O=C1N/C(=N\N=Cc2ccc(-c3ccccc3)o2)SC1Cc1ccccc1. The van der Waals surface area contributed by atoms with Crippen LogP contribution in [0.3, 0.4) is 0 Å². The molecule has 6 heteroatoms. The average Bonchev–Trinajstić information content (AvgIpc) is 3.31. The lowest BCUT2D eigenvalue weighted by Crippen LogP contribution is -2.25. The van der Waals surface area contributed by atoms with Crippen molar-refractivity contribution in [3.05, 3.63) is 84.1 Å². The predicted molar refractivity (Wildman–Crippen MR) is 109 cm³/mol. The Hall–Kier alpha value is -3.12. The van der Waals surface area contributed by atoms with Crippen LogP contribution < -0.4 is 5.32 Å². The Labute approximate surface area is 161 Å². The molecule has 1 aromatic heterocycles. The number of benzene rings is 2. The highest BCUT2D eigenvalue weighted by molar-refractivity contribution is 8.15. The van der Waals surface area contributed by atoms with Crippen LogP contribution in [0.4, 0.5) is 0 Å². The third kappa shape index (κ3) is 4.35. The standard InChI is InChI=1S/C21H17N3O2S/c25-20-19(13-15-7-3-1-4-8-15)27-21(23-20)24-22-14-17-11-12-18(26-17)16-9-5-2-6-10-16/h1-12,14,19H,13H2,(H,23,24,25). The number of amides is 1. The van der Waals surface area contributed by atoms with Gasteiger partial charge in [0.1, 0.15) is 11.5 Å². The number of nitrogens with zero attached hydrogens (tertiary/aromatic N) is 2. The van der Waals surface area contributed by atoms with Gasteiger partial charge in [0, 0.05) is 5.56 Å². The van der Waals surface area contributed by atoms with Gasteiger partial charge >= 0.3 is 0 Å². The zero-order valence-electron chi connectivity index (χ0n) is 14.4. The maximum atomic E-state index is 12.1. The molecule has 0 bridgehead atoms. The predicted octanol–water partition coefficient (Wildman–Crippen LogP) is 4.11. The van der Waals surface area contributed by atoms with Gasteiger partial charge in [-0.3, -0.25) is 4.79 Å². The average molecular weight is 375 g/mol. The molecule has 1 aliphatic rings. The molecule has 1 unspecified atom stereocenters. The van der Waals surface area contributed by atoms with Gasteiger partial charge in [0.05, 0.1) is 11.5 Å². The molecular weight excluding hydrogens is 358 g/mol. The number of amidine groups is 1. The summed E-state index contributed by atoms with van der Waals surface area (Å²) in [5.41, 5.74) is 2.13. The summed E-state index contributed by atoms with van der Waals surface area (Å²) in [6.45, 7) is 0. The van der Waals surface area contributed by atoms with Crippen molar-refractivity contribution in [2.75, 3.05) is 0 Å². The number of rotatable bonds is 5. The summed E-state index contributed by atoms with van der Waals surface area (Å²) in [6, 6.07) is 23.5. The van der Waals surface area contributed by atoms with Crippen LogP contribution in [-0.2, 0) is 11.2 Å². The van der Waals surface area contributed by atoms with Gasteiger partial charge in [-0.05, 0) is 24.1 Å². The fourth-order valence-electron chi connectivity index (χ4n) is 2.73. The zero-order chi connectivity index (χ0) is 18.5. The van der Waals surface area contributed by atoms with Crippen molar-refractivity contribution in [1.82, 2.24) is 5.32 Å². The Kier molecular flexibility index (Phi) is 5.16. The van der Waals surface area contributed by atoms with E-state index in [1.807, 2.05) is 72.8 Å². The summed E-state index contributed by atoms with van der Waals surface area (Å²) < 4.78 is 5.74. The van der Waals surface area contributed by atoms with E-state index in [0.29, 0.717) is 17.3 Å². The first-order chi connectivity index (χ1) is 13.3.